The minimum absolute atomic E-state index is 0.0352. The van der Waals surface area contributed by atoms with Gasteiger partial charge in [-0.05, 0) is 50.3 Å². The number of fused-ring (bicyclic) bond motifs is 1. The number of carboxylic acids is 1. The van der Waals surface area contributed by atoms with Crippen molar-refractivity contribution < 1.29 is 33.4 Å². The van der Waals surface area contributed by atoms with Crippen molar-refractivity contribution in [2.24, 2.45) is 5.92 Å². The lowest BCUT2D eigenvalue weighted by atomic mass is 9.84. The molecule has 0 radical (unpaired) electrons. The van der Waals surface area contributed by atoms with Gasteiger partial charge in [-0.15, -0.1) is 0 Å². The number of carbonyl (C=O) groups is 3. The number of unbranched alkanes of at least 4 members (excludes halogenated alkanes) is 2. The third kappa shape index (κ3) is 9.07. The lowest BCUT2D eigenvalue weighted by molar-refractivity contribution is -0.870. The van der Waals surface area contributed by atoms with Crippen LogP contribution in [0.1, 0.15) is 64.4 Å². The summed E-state index contributed by atoms with van der Waals surface area (Å²) in [4.78, 5) is 44.4. The lowest BCUT2D eigenvalue weighted by Gasteiger charge is -2.31. The molecule has 230 valence electrons. The number of hydrogen-bond donors (Lipinski definition) is 1. The monoisotopic (exact) mass is 575 g/mol. The van der Waals surface area contributed by atoms with Crippen LogP contribution in [0.3, 0.4) is 0 Å². The third-order valence-electron chi connectivity index (χ3n) is 8.36. The Balaban J connectivity index is 1.83. The maximum Gasteiger partial charge on any atom is 0.308 e. The van der Waals surface area contributed by atoms with E-state index in [1.165, 1.54) is 6.92 Å². The average Bonchev–Trinajstić information content (AvgIpc) is 3.52. The number of carbonyl (C=O) groups excluding carboxylic acids is 2. The highest BCUT2D eigenvalue weighted by Gasteiger charge is 2.47. The average molecular weight is 576 g/mol. The Hall–Kier alpha value is -2.85. The van der Waals surface area contributed by atoms with Crippen molar-refractivity contribution in [3.8, 4) is 11.5 Å². The maximum absolute atomic E-state index is 13.7. The zero-order valence-electron chi connectivity index (χ0n) is 25.9. The summed E-state index contributed by atoms with van der Waals surface area (Å²) < 4.78 is 11.9. The predicted octanol–water partition coefficient (Wildman–Crippen LogP) is 3.26. The molecule has 1 fully saturated rings. The fraction of sp³-hybridized carbons (Fsp3) is 0.710. The topological polar surface area (TPSA) is 99.6 Å². The van der Waals surface area contributed by atoms with Gasteiger partial charge >= 0.3 is 5.97 Å². The zero-order chi connectivity index (χ0) is 30.2. The summed E-state index contributed by atoms with van der Waals surface area (Å²) in [6.07, 6.45) is 4.40. The molecule has 2 amide bonds. The second-order valence-electron chi connectivity index (χ2n) is 12.4. The van der Waals surface area contributed by atoms with Crippen LogP contribution in [-0.4, -0.2) is 122 Å². The molecule has 10 heteroatoms. The van der Waals surface area contributed by atoms with Gasteiger partial charge in [0.25, 0.3) is 0 Å². The fourth-order valence-corrected chi connectivity index (χ4v) is 6.03. The van der Waals surface area contributed by atoms with Gasteiger partial charge in [0.05, 0.1) is 40.2 Å². The van der Waals surface area contributed by atoms with Crippen molar-refractivity contribution in [1.82, 2.24) is 14.7 Å². The van der Waals surface area contributed by atoms with Crippen LogP contribution in [0.25, 0.3) is 0 Å². The number of amides is 2. The van der Waals surface area contributed by atoms with Gasteiger partial charge in [0.2, 0.25) is 18.6 Å². The SMILES string of the molecule is CCCCN(CCCC[N+](C)(C)C)C(=O)CN1C[C@H](c2ccc3c(c2)OCO3)C(C(=O)O)[C@@H]1CCN(CC)C(C)=O. The molecule has 0 aromatic heterocycles. The van der Waals surface area contributed by atoms with Gasteiger partial charge in [-0.1, -0.05) is 19.4 Å². The summed E-state index contributed by atoms with van der Waals surface area (Å²) in [7, 11) is 6.53. The van der Waals surface area contributed by atoms with E-state index in [2.05, 4.69) is 33.0 Å². The number of aliphatic carboxylic acids is 1. The molecule has 0 spiro atoms. The molecule has 1 saturated heterocycles. The highest BCUT2D eigenvalue weighted by molar-refractivity contribution is 5.79. The van der Waals surface area contributed by atoms with E-state index in [0.29, 0.717) is 50.6 Å². The summed E-state index contributed by atoms with van der Waals surface area (Å²) in [6, 6.07) is 5.23. The minimum atomic E-state index is -0.887. The van der Waals surface area contributed by atoms with Gasteiger partial charge in [0.1, 0.15) is 0 Å². The molecule has 41 heavy (non-hydrogen) atoms. The molecule has 2 heterocycles. The van der Waals surface area contributed by atoms with E-state index in [9.17, 15) is 19.5 Å². The standard InChI is InChI=1S/C31H50N4O6/c1-7-9-15-33(16-10-11-18-35(4,5)6)29(37)21-34-20-25(24-12-13-27-28(19-24)41-22-40-27)30(31(38)39)26(34)14-17-32(8-2)23(3)36/h12-13,19,25-26,30H,7-11,14-18,20-22H2,1-6H3/p+1/t25-,26+,30?/m1/s1. The molecule has 1 unspecified atom stereocenters. The molecule has 3 atom stereocenters. The van der Waals surface area contributed by atoms with E-state index >= 15 is 0 Å². The minimum Gasteiger partial charge on any atom is -0.481 e. The van der Waals surface area contributed by atoms with Gasteiger partial charge < -0.3 is 28.9 Å². The number of likely N-dealkylation sites (tertiary alicyclic amines) is 1. The first-order chi connectivity index (χ1) is 19.4. The molecule has 1 aromatic carbocycles. The van der Waals surface area contributed by atoms with Crippen molar-refractivity contribution in [3.05, 3.63) is 23.8 Å². The number of benzene rings is 1. The second-order valence-corrected chi connectivity index (χ2v) is 12.4. The Morgan fingerprint density at radius 1 is 1.00 bits per heavy atom. The Morgan fingerprint density at radius 2 is 1.71 bits per heavy atom. The summed E-state index contributed by atoms with van der Waals surface area (Å²) in [5.74, 6) is -0.648. The largest absolute Gasteiger partial charge is 0.481 e. The van der Waals surface area contributed by atoms with Crippen LogP contribution in [0.4, 0.5) is 0 Å². The van der Waals surface area contributed by atoms with Crippen LogP contribution in [0.15, 0.2) is 18.2 Å². The molecule has 1 aromatic rings. The fourth-order valence-electron chi connectivity index (χ4n) is 6.03. The number of hydrogen-bond acceptors (Lipinski definition) is 6. The first-order valence-electron chi connectivity index (χ1n) is 15.1. The number of nitrogens with zero attached hydrogens (tertiary/aromatic N) is 4. The summed E-state index contributed by atoms with van der Waals surface area (Å²) in [5, 5.41) is 10.5. The molecule has 2 aliphatic heterocycles. The zero-order valence-corrected chi connectivity index (χ0v) is 25.9. The van der Waals surface area contributed by atoms with Crippen LogP contribution in [0.2, 0.25) is 0 Å². The molecule has 0 bridgehead atoms. The number of quaternary nitrogens is 1. The van der Waals surface area contributed by atoms with Crippen LogP contribution in [-0.2, 0) is 14.4 Å². The van der Waals surface area contributed by atoms with Crippen LogP contribution >= 0.6 is 0 Å². The van der Waals surface area contributed by atoms with E-state index in [1.807, 2.05) is 30.0 Å². The summed E-state index contributed by atoms with van der Waals surface area (Å²) >= 11 is 0. The van der Waals surface area contributed by atoms with Gasteiger partial charge in [0.15, 0.2) is 11.5 Å². The smallest absolute Gasteiger partial charge is 0.308 e. The van der Waals surface area contributed by atoms with E-state index < -0.39 is 11.9 Å². The highest BCUT2D eigenvalue weighted by Crippen LogP contribution is 2.42. The number of carboxylic acid groups (broad SMARTS) is 1. The first kappa shape index (κ1) is 32.7. The Kier molecular flexibility index (Phi) is 11.8. The Morgan fingerprint density at radius 3 is 2.34 bits per heavy atom. The summed E-state index contributed by atoms with van der Waals surface area (Å²) in [5.41, 5.74) is 0.864. The van der Waals surface area contributed by atoms with Gasteiger partial charge in [-0.2, -0.15) is 0 Å². The second kappa shape index (κ2) is 14.9. The van der Waals surface area contributed by atoms with E-state index in [-0.39, 0.29) is 37.1 Å². The Bertz CT molecular complexity index is 1040. The number of ether oxygens (including phenoxy) is 2. The molecule has 0 saturated carbocycles. The van der Waals surface area contributed by atoms with Gasteiger partial charge in [-0.3, -0.25) is 19.3 Å². The third-order valence-corrected chi connectivity index (χ3v) is 8.36. The molecular formula is C31H51N4O6+. The normalized spacial score (nSPS) is 20.3. The van der Waals surface area contributed by atoms with E-state index in [4.69, 9.17) is 9.47 Å². The van der Waals surface area contributed by atoms with Gasteiger partial charge in [0, 0.05) is 51.6 Å². The van der Waals surface area contributed by atoms with Crippen LogP contribution < -0.4 is 9.47 Å². The van der Waals surface area contributed by atoms with Crippen molar-refractivity contribution >= 4 is 17.8 Å². The van der Waals surface area contributed by atoms with Crippen LogP contribution in [0, 0.1) is 5.92 Å². The van der Waals surface area contributed by atoms with E-state index in [0.717, 1.165) is 42.3 Å². The maximum atomic E-state index is 13.7. The van der Waals surface area contributed by atoms with E-state index in [1.54, 1.807) is 4.90 Å². The van der Waals surface area contributed by atoms with Crippen molar-refractivity contribution in [2.75, 3.05) is 73.7 Å². The predicted molar refractivity (Wildman–Crippen MR) is 158 cm³/mol. The molecule has 10 nitrogen and oxygen atoms in total. The first-order valence-corrected chi connectivity index (χ1v) is 15.1. The molecule has 1 N–H and O–H groups in total. The van der Waals surface area contributed by atoms with Crippen molar-refractivity contribution in [3.63, 3.8) is 0 Å². The summed E-state index contributed by atoms with van der Waals surface area (Å²) in [6.45, 7) is 9.81. The number of rotatable bonds is 16. The highest BCUT2D eigenvalue weighted by atomic mass is 16.7. The Labute approximate surface area is 245 Å². The molecule has 3 rings (SSSR count). The lowest BCUT2D eigenvalue weighted by Crippen LogP contribution is -2.46. The van der Waals surface area contributed by atoms with Crippen LogP contribution in [0.5, 0.6) is 11.5 Å². The van der Waals surface area contributed by atoms with Crippen molar-refractivity contribution in [1.29, 1.82) is 0 Å². The van der Waals surface area contributed by atoms with Crippen molar-refractivity contribution in [2.45, 2.75) is 64.8 Å². The molecule has 2 aliphatic rings. The quantitative estimate of drug-likeness (QED) is 0.239. The molecular weight excluding hydrogens is 524 g/mol. The van der Waals surface area contributed by atoms with Gasteiger partial charge in [-0.25, -0.2) is 0 Å². The molecule has 0 aliphatic carbocycles.